The summed E-state index contributed by atoms with van der Waals surface area (Å²) in [5, 5.41) is 32.5. The largest absolute Gasteiger partial charge is 0.493 e. The van der Waals surface area contributed by atoms with Crippen molar-refractivity contribution in [1.82, 2.24) is 34.6 Å². The molecule has 42 heavy (non-hydrogen) atoms. The van der Waals surface area contributed by atoms with Crippen molar-refractivity contribution in [3.05, 3.63) is 59.6 Å². The van der Waals surface area contributed by atoms with Gasteiger partial charge < -0.3 is 19.9 Å². The third-order valence-corrected chi connectivity index (χ3v) is 8.58. The van der Waals surface area contributed by atoms with Crippen LogP contribution in [-0.4, -0.2) is 66.7 Å². The van der Waals surface area contributed by atoms with Gasteiger partial charge in [-0.2, -0.15) is 15.5 Å². The van der Waals surface area contributed by atoms with Crippen molar-refractivity contribution in [3.8, 4) is 28.9 Å². The van der Waals surface area contributed by atoms with Crippen LogP contribution in [0.15, 0.2) is 36.8 Å². The molecule has 1 aliphatic carbocycles. The van der Waals surface area contributed by atoms with Crippen molar-refractivity contribution in [3.63, 3.8) is 0 Å². The fraction of sp³-hybridized carbons (Fsp3) is 0.467. The Labute approximate surface area is 243 Å². The molecule has 4 aromatic heterocycles. The van der Waals surface area contributed by atoms with Gasteiger partial charge in [0.1, 0.15) is 23.8 Å². The normalized spacial score (nSPS) is 20.5. The number of nitriles is 1. The fourth-order valence-corrected chi connectivity index (χ4v) is 6.16. The molecule has 1 saturated carbocycles. The summed E-state index contributed by atoms with van der Waals surface area (Å²) < 4.78 is 28.9. The molecule has 4 aromatic rings. The van der Waals surface area contributed by atoms with Gasteiger partial charge in [-0.15, -0.1) is 0 Å². The second-order valence-corrected chi connectivity index (χ2v) is 11.4. The molecule has 0 radical (unpaired) electrons. The number of aliphatic hydroxyl groups is 1. The van der Waals surface area contributed by atoms with Gasteiger partial charge in [-0.25, -0.2) is 8.91 Å². The Bertz CT molecular complexity index is 1620. The van der Waals surface area contributed by atoms with E-state index in [-0.39, 0.29) is 12.6 Å². The average Bonchev–Trinajstić information content (AvgIpc) is 3.57. The summed E-state index contributed by atoms with van der Waals surface area (Å²) in [6, 6.07) is 5.40. The van der Waals surface area contributed by atoms with Crippen molar-refractivity contribution in [2.24, 2.45) is 0 Å². The minimum Gasteiger partial charge on any atom is -0.493 e. The standard InChI is InChI=1S/C30H35FN8O3/c1-19-24-16-37(23-7-5-22(6-8-23)34-18-32)10-11-38(24)36-28(19)20-12-25(29-26(41-3)14-35-39(29)15-20)42-17-30(2,40)27-9-4-21(31)13-33-27/h4,9,12-15,22-23,34,40H,5-8,10-11,16-17H2,1-3H3. The van der Waals surface area contributed by atoms with E-state index in [2.05, 4.69) is 38.1 Å². The van der Waals surface area contributed by atoms with Crippen LogP contribution in [-0.2, 0) is 18.7 Å². The van der Waals surface area contributed by atoms with Crippen LogP contribution in [0.3, 0.4) is 0 Å². The first kappa shape index (κ1) is 27.9. The van der Waals surface area contributed by atoms with Crippen LogP contribution in [0, 0.1) is 24.2 Å². The Morgan fingerprint density at radius 1 is 1.19 bits per heavy atom. The monoisotopic (exact) mass is 574 g/mol. The summed E-state index contributed by atoms with van der Waals surface area (Å²) in [5.74, 6) is 0.529. The summed E-state index contributed by atoms with van der Waals surface area (Å²) >= 11 is 0. The number of rotatable bonds is 8. The number of fused-ring (bicyclic) bond motifs is 2. The molecule has 11 nitrogen and oxygen atoms in total. The molecule has 0 amide bonds. The highest BCUT2D eigenvalue weighted by Crippen LogP contribution is 2.37. The summed E-state index contributed by atoms with van der Waals surface area (Å²) in [4.78, 5) is 6.59. The molecule has 6 rings (SSSR count). The number of nitrogens with zero attached hydrogens (tertiary/aromatic N) is 7. The van der Waals surface area contributed by atoms with Crippen LogP contribution in [0.4, 0.5) is 4.39 Å². The molecule has 220 valence electrons. The Morgan fingerprint density at radius 3 is 2.71 bits per heavy atom. The maximum Gasteiger partial charge on any atom is 0.176 e. The van der Waals surface area contributed by atoms with E-state index in [0.717, 1.165) is 68.3 Å². The second-order valence-electron chi connectivity index (χ2n) is 11.4. The van der Waals surface area contributed by atoms with E-state index in [0.29, 0.717) is 28.8 Å². The van der Waals surface area contributed by atoms with Crippen LogP contribution >= 0.6 is 0 Å². The number of halogens is 1. The molecule has 12 heteroatoms. The van der Waals surface area contributed by atoms with E-state index < -0.39 is 11.4 Å². The molecule has 0 bridgehead atoms. The molecule has 1 atom stereocenters. The van der Waals surface area contributed by atoms with Crippen molar-refractivity contribution < 1.29 is 19.0 Å². The molecule has 1 unspecified atom stereocenters. The number of aromatic nitrogens is 5. The van der Waals surface area contributed by atoms with Crippen molar-refractivity contribution in [1.29, 1.82) is 5.26 Å². The fourth-order valence-electron chi connectivity index (χ4n) is 6.16. The molecule has 2 N–H and O–H groups in total. The molecule has 1 aliphatic heterocycles. The summed E-state index contributed by atoms with van der Waals surface area (Å²) in [7, 11) is 1.57. The maximum absolute atomic E-state index is 13.4. The summed E-state index contributed by atoms with van der Waals surface area (Å²) in [6.45, 7) is 6.12. The number of nitrogens with one attached hydrogen (secondary N) is 1. The highest BCUT2D eigenvalue weighted by atomic mass is 19.1. The van der Waals surface area contributed by atoms with E-state index in [9.17, 15) is 9.50 Å². The van der Waals surface area contributed by atoms with E-state index in [1.54, 1.807) is 24.7 Å². The van der Waals surface area contributed by atoms with Gasteiger partial charge in [-0.1, -0.05) is 0 Å². The topological polar surface area (TPSA) is 126 Å². The zero-order chi connectivity index (χ0) is 29.4. The first-order valence-corrected chi connectivity index (χ1v) is 14.3. The van der Waals surface area contributed by atoms with E-state index in [1.807, 2.05) is 12.3 Å². The lowest BCUT2D eigenvalue weighted by Gasteiger charge is -2.38. The molecule has 0 saturated heterocycles. The molecule has 5 heterocycles. The number of methoxy groups -OCH3 is 1. The van der Waals surface area contributed by atoms with Gasteiger partial charge in [-0.3, -0.25) is 14.6 Å². The van der Waals surface area contributed by atoms with Gasteiger partial charge in [0, 0.05) is 36.9 Å². The van der Waals surface area contributed by atoms with Gasteiger partial charge in [0.05, 0.1) is 43.1 Å². The SMILES string of the molecule is COc1cnn2cc(-c3nn4c(c3C)CN(C3CCC(NC#N)CC3)CC4)cc(OCC(C)(O)c3ccc(F)cn3)c12. The number of hydrogen-bond donors (Lipinski definition) is 2. The molecular weight excluding hydrogens is 539 g/mol. The van der Waals surface area contributed by atoms with E-state index in [1.165, 1.54) is 17.8 Å². The van der Waals surface area contributed by atoms with Crippen molar-refractivity contribution in [2.45, 2.75) is 70.3 Å². The molecule has 2 aliphatic rings. The number of hydrogen-bond acceptors (Lipinski definition) is 9. The zero-order valence-electron chi connectivity index (χ0n) is 24.0. The highest BCUT2D eigenvalue weighted by molar-refractivity contribution is 5.75. The lowest BCUT2D eigenvalue weighted by molar-refractivity contribution is 0.00417. The Balaban J connectivity index is 1.27. The summed E-state index contributed by atoms with van der Waals surface area (Å²) in [6.07, 6.45) is 10.9. The third-order valence-electron chi connectivity index (χ3n) is 8.58. The van der Waals surface area contributed by atoms with Gasteiger partial charge in [0.25, 0.3) is 0 Å². The van der Waals surface area contributed by atoms with E-state index >= 15 is 0 Å². The minimum absolute atomic E-state index is 0.126. The molecule has 0 spiro atoms. The number of ether oxygens (including phenoxy) is 2. The predicted octanol–water partition coefficient (Wildman–Crippen LogP) is 3.53. The first-order valence-electron chi connectivity index (χ1n) is 14.3. The zero-order valence-corrected chi connectivity index (χ0v) is 24.0. The van der Waals surface area contributed by atoms with Crippen LogP contribution < -0.4 is 14.8 Å². The second kappa shape index (κ2) is 11.2. The first-order chi connectivity index (χ1) is 20.3. The predicted molar refractivity (Wildman–Crippen MR) is 152 cm³/mol. The van der Waals surface area contributed by atoms with Crippen molar-refractivity contribution in [2.75, 3.05) is 20.3 Å². The van der Waals surface area contributed by atoms with Crippen LogP contribution in [0.5, 0.6) is 11.5 Å². The lowest BCUT2D eigenvalue weighted by atomic mass is 9.90. The van der Waals surface area contributed by atoms with Crippen molar-refractivity contribution >= 4 is 5.52 Å². The minimum atomic E-state index is -1.47. The maximum atomic E-state index is 13.4. The van der Waals surface area contributed by atoms with Crippen LogP contribution in [0.25, 0.3) is 16.8 Å². The summed E-state index contributed by atoms with van der Waals surface area (Å²) in [5.41, 5.74) is 3.43. The van der Waals surface area contributed by atoms with Gasteiger partial charge >= 0.3 is 0 Å². The average molecular weight is 575 g/mol. The van der Waals surface area contributed by atoms with Crippen LogP contribution in [0.1, 0.15) is 49.6 Å². The van der Waals surface area contributed by atoms with Gasteiger partial charge in [0.15, 0.2) is 17.5 Å². The number of pyridine rings is 2. The highest BCUT2D eigenvalue weighted by Gasteiger charge is 2.31. The molecular formula is C30H35FN8O3. The van der Waals surface area contributed by atoms with E-state index in [4.69, 9.17) is 19.8 Å². The van der Waals surface area contributed by atoms with Crippen LogP contribution in [0.2, 0.25) is 0 Å². The Kier molecular flexibility index (Phi) is 7.47. The van der Waals surface area contributed by atoms with Gasteiger partial charge in [-0.05, 0) is 63.3 Å². The Morgan fingerprint density at radius 2 is 2.00 bits per heavy atom. The molecule has 1 fully saturated rings. The smallest absolute Gasteiger partial charge is 0.176 e. The van der Waals surface area contributed by atoms with Gasteiger partial charge in [0.2, 0.25) is 0 Å². The molecule has 0 aromatic carbocycles. The quantitative estimate of drug-likeness (QED) is 0.240. The Hall–Kier alpha value is -4.21. The lowest BCUT2D eigenvalue weighted by Crippen LogP contribution is -2.45. The third kappa shape index (κ3) is 5.26.